The van der Waals surface area contributed by atoms with Crippen LogP contribution in [0.2, 0.25) is 10.0 Å². The third kappa shape index (κ3) is 9.30. The number of nitrogens with one attached hydrogen (secondary N) is 1. The first kappa shape index (κ1) is 30.0. The number of amides is 1. The van der Waals surface area contributed by atoms with E-state index in [-0.39, 0.29) is 22.0 Å². The molecule has 0 radical (unpaired) electrons. The summed E-state index contributed by atoms with van der Waals surface area (Å²) in [6.45, 7) is 2.82. The number of carboxylic acid groups (broad SMARTS) is 1. The maximum Gasteiger partial charge on any atom is 0.343 e. The zero-order valence-electron chi connectivity index (χ0n) is 21.6. The summed E-state index contributed by atoms with van der Waals surface area (Å²) >= 11 is 12.1. The van der Waals surface area contributed by atoms with Crippen molar-refractivity contribution in [2.24, 2.45) is 0 Å². The second-order valence-electron chi connectivity index (χ2n) is 8.99. The lowest BCUT2D eigenvalue weighted by atomic mass is 10.1. The van der Waals surface area contributed by atoms with Gasteiger partial charge in [-0.2, -0.15) is 0 Å². The molecule has 0 saturated carbocycles. The normalized spacial score (nSPS) is 11.5. The molecule has 0 saturated heterocycles. The Morgan fingerprint density at radius 1 is 0.846 bits per heavy atom. The number of halogens is 2. The van der Waals surface area contributed by atoms with Crippen molar-refractivity contribution in [3.8, 4) is 11.5 Å². The van der Waals surface area contributed by atoms with Crippen molar-refractivity contribution in [1.82, 2.24) is 5.32 Å². The van der Waals surface area contributed by atoms with Crippen LogP contribution in [0.1, 0.15) is 65.3 Å². The van der Waals surface area contributed by atoms with Gasteiger partial charge in [0, 0.05) is 6.42 Å². The molecular weight excluding hydrogens is 541 g/mol. The molecule has 0 spiro atoms. The zero-order chi connectivity index (χ0) is 28.2. The highest BCUT2D eigenvalue weighted by molar-refractivity contribution is 6.39. The Hall–Kier alpha value is -3.55. The van der Waals surface area contributed by atoms with Gasteiger partial charge >= 0.3 is 11.9 Å². The molecule has 206 valence electrons. The maximum absolute atomic E-state index is 12.6. The monoisotopic (exact) mass is 571 g/mol. The summed E-state index contributed by atoms with van der Waals surface area (Å²) in [5.41, 5.74) is 1.00. The van der Waals surface area contributed by atoms with Crippen LogP contribution < -0.4 is 14.8 Å². The van der Waals surface area contributed by atoms with Gasteiger partial charge in [0.1, 0.15) is 17.5 Å². The van der Waals surface area contributed by atoms with Crippen LogP contribution in [0.3, 0.4) is 0 Å². The molecule has 3 aromatic rings. The summed E-state index contributed by atoms with van der Waals surface area (Å²) in [5, 5.41) is 12.3. The van der Waals surface area contributed by atoms with Gasteiger partial charge in [0.25, 0.3) is 5.91 Å². The highest BCUT2D eigenvalue weighted by Crippen LogP contribution is 2.24. The largest absolute Gasteiger partial charge is 0.494 e. The summed E-state index contributed by atoms with van der Waals surface area (Å²) in [5.74, 6) is -1.43. The van der Waals surface area contributed by atoms with Gasteiger partial charge < -0.3 is 19.9 Å². The van der Waals surface area contributed by atoms with Gasteiger partial charge in [0.15, 0.2) is 0 Å². The fourth-order valence-electron chi connectivity index (χ4n) is 3.82. The molecule has 0 aliphatic carbocycles. The van der Waals surface area contributed by atoms with Crippen LogP contribution in [0.4, 0.5) is 0 Å². The van der Waals surface area contributed by atoms with E-state index in [2.05, 4.69) is 12.2 Å². The SMILES string of the molecule is CCCCCCCOc1ccc(C(=O)Oc2ccc(C[C@H](NC(=O)c3c(Cl)cccc3Cl)C(=O)O)cc2)cc1. The van der Waals surface area contributed by atoms with Crippen LogP contribution in [0, 0.1) is 0 Å². The average Bonchev–Trinajstić information content (AvgIpc) is 2.91. The second kappa shape index (κ2) is 15.1. The van der Waals surface area contributed by atoms with Crippen LogP contribution >= 0.6 is 23.2 Å². The molecule has 0 aliphatic rings. The van der Waals surface area contributed by atoms with Crippen LogP contribution in [0.15, 0.2) is 66.7 Å². The highest BCUT2D eigenvalue weighted by Gasteiger charge is 2.24. The van der Waals surface area contributed by atoms with Gasteiger partial charge in [-0.3, -0.25) is 4.79 Å². The van der Waals surface area contributed by atoms with Crippen molar-refractivity contribution in [1.29, 1.82) is 0 Å². The van der Waals surface area contributed by atoms with Gasteiger partial charge in [-0.05, 0) is 60.5 Å². The molecule has 1 amide bonds. The molecule has 7 nitrogen and oxygen atoms in total. The Morgan fingerprint density at radius 2 is 1.46 bits per heavy atom. The van der Waals surface area contributed by atoms with Gasteiger partial charge in [0.2, 0.25) is 0 Å². The minimum absolute atomic E-state index is 0.00254. The smallest absolute Gasteiger partial charge is 0.343 e. The third-order valence-corrected chi connectivity index (χ3v) is 6.60. The van der Waals surface area contributed by atoms with E-state index in [1.54, 1.807) is 54.6 Å². The number of carboxylic acids is 1. The highest BCUT2D eigenvalue weighted by atomic mass is 35.5. The van der Waals surface area contributed by atoms with Crippen molar-refractivity contribution < 1.29 is 29.0 Å². The molecule has 0 aromatic heterocycles. The number of carbonyl (C=O) groups is 3. The second-order valence-corrected chi connectivity index (χ2v) is 9.80. The van der Waals surface area contributed by atoms with E-state index >= 15 is 0 Å². The number of ether oxygens (including phenoxy) is 2. The third-order valence-electron chi connectivity index (χ3n) is 5.97. The van der Waals surface area contributed by atoms with E-state index in [0.29, 0.717) is 29.2 Å². The van der Waals surface area contributed by atoms with Crippen LogP contribution in [0.25, 0.3) is 0 Å². The fraction of sp³-hybridized carbons (Fsp3) is 0.300. The summed E-state index contributed by atoms with van der Waals surface area (Å²) in [7, 11) is 0. The number of carbonyl (C=O) groups excluding carboxylic acids is 2. The molecule has 1 atom stereocenters. The first-order chi connectivity index (χ1) is 18.8. The molecular formula is C30H31Cl2NO6. The minimum atomic E-state index is -1.23. The molecule has 3 rings (SSSR count). The Kier molecular flexibility index (Phi) is 11.6. The van der Waals surface area contributed by atoms with Crippen LogP contribution in [0.5, 0.6) is 11.5 Å². The van der Waals surface area contributed by atoms with Crippen molar-refractivity contribution in [3.63, 3.8) is 0 Å². The van der Waals surface area contributed by atoms with Gasteiger partial charge in [-0.25, -0.2) is 9.59 Å². The van der Waals surface area contributed by atoms with E-state index in [0.717, 1.165) is 12.8 Å². The summed E-state index contributed by atoms with van der Waals surface area (Å²) in [4.78, 5) is 36.9. The molecule has 39 heavy (non-hydrogen) atoms. The molecule has 9 heteroatoms. The molecule has 0 aliphatic heterocycles. The Morgan fingerprint density at radius 3 is 2.08 bits per heavy atom. The van der Waals surface area contributed by atoms with Crippen LogP contribution in [-0.4, -0.2) is 35.6 Å². The fourth-order valence-corrected chi connectivity index (χ4v) is 4.39. The van der Waals surface area contributed by atoms with E-state index in [4.69, 9.17) is 32.7 Å². The molecule has 0 unspecified atom stereocenters. The molecule has 0 fully saturated rings. The number of esters is 1. The standard InChI is InChI=1S/C30H31Cl2NO6/c1-2-3-4-5-6-18-38-22-16-12-21(13-17-22)30(37)39-23-14-10-20(11-15-23)19-26(29(35)36)33-28(34)27-24(31)8-7-9-25(27)32/h7-17,26H,2-6,18-19H2,1H3,(H,33,34)(H,35,36)/t26-/m0/s1. The van der Waals surface area contributed by atoms with Crippen molar-refractivity contribution >= 4 is 41.0 Å². The number of benzene rings is 3. The first-order valence-corrected chi connectivity index (χ1v) is 13.6. The lowest BCUT2D eigenvalue weighted by Gasteiger charge is -2.16. The van der Waals surface area contributed by atoms with Gasteiger partial charge in [-0.15, -0.1) is 0 Å². The number of hydrogen-bond donors (Lipinski definition) is 2. The zero-order valence-corrected chi connectivity index (χ0v) is 23.1. The van der Waals surface area contributed by atoms with E-state index in [9.17, 15) is 19.5 Å². The summed E-state index contributed by atoms with van der Waals surface area (Å²) in [6.07, 6.45) is 5.78. The summed E-state index contributed by atoms with van der Waals surface area (Å²) in [6, 6.07) is 16.5. The van der Waals surface area contributed by atoms with E-state index < -0.39 is 23.9 Å². The first-order valence-electron chi connectivity index (χ1n) is 12.8. The molecule has 0 heterocycles. The van der Waals surface area contributed by atoms with Gasteiger partial charge in [0.05, 0.1) is 27.8 Å². The molecule has 2 N–H and O–H groups in total. The number of hydrogen-bond acceptors (Lipinski definition) is 5. The number of unbranched alkanes of at least 4 members (excludes halogenated alkanes) is 4. The number of rotatable bonds is 14. The average molecular weight is 572 g/mol. The van der Waals surface area contributed by atoms with E-state index in [1.165, 1.54) is 31.4 Å². The molecule has 3 aromatic carbocycles. The predicted octanol–water partition coefficient (Wildman–Crippen LogP) is 6.99. The lowest BCUT2D eigenvalue weighted by Crippen LogP contribution is -2.42. The maximum atomic E-state index is 12.6. The summed E-state index contributed by atoms with van der Waals surface area (Å²) < 4.78 is 11.2. The van der Waals surface area contributed by atoms with Crippen molar-refractivity contribution in [3.05, 3.63) is 93.5 Å². The topological polar surface area (TPSA) is 102 Å². The Bertz CT molecular complexity index is 1240. The van der Waals surface area contributed by atoms with Gasteiger partial charge in [-0.1, -0.05) is 74.0 Å². The quantitative estimate of drug-likeness (QED) is 0.123. The predicted molar refractivity (Wildman–Crippen MR) is 151 cm³/mol. The van der Waals surface area contributed by atoms with E-state index in [1.807, 2.05) is 0 Å². The Balaban J connectivity index is 1.53. The number of aliphatic carboxylic acids is 1. The lowest BCUT2D eigenvalue weighted by molar-refractivity contribution is -0.139. The minimum Gasteiger partial charge on any atom is -0.494 e. The molecule has 0 bridgehead atoms. The van der Waals surface area contributed by atoms with Crippen LogP contribution in [-0.2, 0) is 11.2 Å². The van der Waals surface area contributed by atoms with Crippen molar-refractivity contribution in [2.75, 3.05) is 6.61 Å². The Labute approximate surface area is 238 Å². The van der Waals surface area contributed by atoms with Crippen molar-refractivity contribution in [2.45, 2.75) is 51.5 Å².